The van der Waals surface area contributed by atoms with Crippen LogP contribution in [0.2, 0.25) is 18.1 Å². The van der Waals surface area contributed by atoms with Gasteiger partial charge >= 0.3 is 0 Å². The van der Waals surface area contributed by atoms with Crippen LogP contribution in [-0.2, 0) is 14.5 Å². The number of hydrogen-bond donors (Lipinski definition) is 1. The number of rotatable bonds is 10. The minimum absolute atomic E-state index is 0.351. The molecular formula is C21H36O3SSi. The van der Waals surface area contributed by atoms with E-state index in [-0.39, 0.29) is 0 Å². The second-order valence-electron chi connectivity index (χ2n) is 8.86. The van der Waals surface area contributed by atoms with E-state index < -0.39 is 22.6 Å². The highest BCUT2D eigenvalue weighted by Gasteiger charge is 2.60. The van der Waals surface area contributed by atoms with Gasteiger partial charge in [0.25, 0.3) is 10.1 Å². The standard InChI is InChI=1S/C21H36O3SSi/c1-8-21(25(22,23)24,20-12-10-9-11-13-20)26(14-17(2)3,15-18(4)5)16-19(6)7/h8-13,17-19H,1,14-16H2,2-7H3,(H,22,23,24). The summed E-state index contributed by atoms with van der Waals surface area (Å²) in [7, 11) is -6.98. The molecule has 1 N–H and O–H groups in total. The van der Waals surface area contributed by atoms with E-state index in [1.807, 2.05) is 30.3 Å². The summed E-state index contributed by atoms with van der Waals surface area (Å²) in [6, 6.07) is 11.7. The van der Waals surface area contributed by atoms with Crippen LogP contribution in [0.4, 0.5) is 0 Å². The predicted octanol–water partition coefficient (Wildman–Crippen LogP) is 5.91. The summed E-state index contributed by atoms with van der Waals surface area (Å²) in [4.78, 5) is 0. The molecule has 26 heavy (non-hydrogen) atoms. The van der Waals surface area contributed by atoms with Gasteiger partial charge in [-0.05, 0) is 23.3 Å². The van der Waals surface area contributed by atoms with E-state index >= 15 is 0 Å². The van der Waals surface area contributed by atoms with Gasteiger partial charge < -0.3 is 0 Å². The molecule has 1 rings (SSSR count). The minimum Gasteiger partial charge on any atom is -0.285 e. The van der Waals surface area contributed by atoms with Crippen molar-refractivity contribution in [1.82, 2.24) is 0 Å². The van der Waals surface area contributed by atoms with Gasteiger partial charge in [0, 0.05) is 0 Å². The lowest BCUT2D eigenvalue weighted by Gasteiger charge is -2.49. The van der Waals surface area contributed by atoms with E-state index in [2.05, 4.69) is 48.1 Å². The SMILES string of the molecule is C=CC(c1ccccc1)([Si](CC(C)C)(CC(C)C)CC(C)C)S(=O)(=O)O. The predicted molar refractivity (Wildman–Crippen MR) is 115 cm³/mol. The molecule has 1 atom stereocenters. The summed E-state index contributed by atoms with van der Waals surface area (Å²) in [6.07, 6.45) is 1.54. The van der Waals surface area contributed by atoms with Crippen molar-refractivity contribution in [2.24, 2.45) is 17.8 Å². The summed E-state index contributed by atoms with van der Waals surface area (Å²) in [5, 5.41) is 0. The fraction of sp³-hybridized carbons (Fsp3) is 0.619. The second-order valence-corrected chi connectivity index (χ2v) is 15.4. The third kappa shape index (κ3) is 4.67. The van der Waals surface area contributed by atoms with Crippen LogP contribution in [0.3, 0.4) is 0 Å². The topological polar surface area (TPSA) is 54.4 Å². The molecule has 148 valence electrons. The summed E-state index contributed by atoms with van der Waals surface area (Å²) < 4.78 is 35.2. The lowest BCUT2D eigenvalue weighted by molar-refractivity contribution is 0.464. The van der Waals surface area contributed by atoms with Gasteiger partial charge in [0.1, 0.15) is 4.37 Å². The van der Waals surface area contributed by atoms with E-state index in [1.165, 1.54) is 6.08 Å². The fourth-order valence-corrected chi connectivity index (χ4v) is 15.8. The van der Waals surface area contributed by atoms with Crippen LogP contribution >= 0.6 is 0 Å². The maximum atomic E-state index is 13.0. The van der Waals surface area contributed by atoms with Crippen LogP contribution in [-0.4, -0.2) is 21.0 Å². The minimum atomic E-state index is -4.38. The Morgan fingerprint density at radius 3 is 1.62 bits per heavy atom. The first kappa shape index (κ1) is 23.1. The van der Waals surface area contributed by atoms with Gasteiger partial charge in [0.15, 0.2) is 0 Å². The Hall–Kier alpha value is -0.913. The zero-order chi connectivity index (χ0) is 20.2. The zero-order valence-corrected chi connectivity index (χ0v) is 19.0. The normalized spacial score (nSPS) is 15.5. The lowest BCUT2D eigenvalue weighted by Crippen LogP contribution is -2.61. The molecule has 1 unspecified atom stereocenters. The van der Waals surface area contributed by atoms with Crippen molar-refractivity contribution in [2.45, 2.75) is 64.0 Å². The Morgan fingerprint density at radius 2 is 1.35 bits per heavy atom. The van der Waals surface area contributed by atoms with Gasteiger partial charge in [0.05, 0.1) is 8.07 Å². The molecule has 0 radical (unpaired) electrons. The average Bonchev–Trinajstić information content (AvgIpc) is 2.45. The highest BCUT2D eigenvalue weighted by Crippen LogP contribution is 2.50. The van der Waals surface area contributed by atoms with Crippen LogP contribution in [0, 0.1) is 17.8 Å². The Morgan fingerprint density at radius 1 is 0.962 bits per heavy atom. The quantitative estimate of drug-likeness (QED) is 0.304. The smallest absolute Gasteiger partial charge is 0.275 e. The molecule has 0 aromatic heterocycles. The Balaban J connectivity index is 3.94. The summed E-state index contributed by atoms with van der Waals surface area (Å²) in [5.41, 5.74) is 0.658. The van der Waals surface area contributed by atoms with Crippen molar-refractivity contribution in [3.05, 3.63) is 48.6 Å². The van der Waals surface area contributed by atoms with E-state index in [9.17, 15) is 13.0 Å². The molecule has 0 heterocycles. The van der Waals surface area contributed by atoms with Gasteiger partial charge in [0.2, 0.25) is 0 Å². The van der Waals surface area contributed by atoms with Crippen LogP contribution in [0.1, 0.15) is 47.1 Å². The summed E-state index contributed by atoms with van der Waals surface area (Å²) in [6.45, 7) is 16.8. The molecule has 0 spiro atoms. The molecule has 0 aliphatic carbocycles. The molecule has 0 aliphatic rings. The molecule has 0 saturated heterocycles. The number of hydrogen-bond acceptors (Lipinski definition) is 2. The highest BCUT2D eigenvalue weighted by molar-refractivity contribution is 7.89. The Labute approximate surface area is 161 Å². The Kier molecular flexibility index (Phi) is 7.87. The van der Waals surface area contributed by atoms with E-state index in [0.29, 0.717) is 23.3 Å². The van der Waals surface area contributed by atoms with Crippen LogP contribution < -0.4 is 0 Å². The molecular weight excluding hydrogens is 360 g/mol. The molecule has 0 aliphatic heterocycles. The fourth-order valence-electron chi connectivity index (χ4n) is 4.90. The molecule has 0 saturated carbocycles. The third-order valence-corrected chi connectivity index (χ3v) is 15.2. The molecule has 5 heteroatoms. The van der Waals surface area contributed by atoms with Crippen LogP contribution in [0.25, 0.3) is 0 Å². The molecule has 1 aromatic carbocycles. The van der Waals surface area contributed by atoms with Crippen molar-refractivity contribution in [1.29, 1.82) is 0 Å². The largest absolute Gasteiger partial charge is 0.285 e. The van der Waals surface area contributed by atoms with Crippen molar-refractivity contribution in [3.63, 3.8) is 0 Å². The van der Waals surface area contributed by atoms with E-state index in [4.69, 9.17) is 0 Å². The maximum Gasteiger partial charge on any atom is 0.275 e. The van der Waals surface area contributed by atoms with Crippen molar-refractivity contribution in [2.75, 3.05) is 0 Å². The Bertz CT molecular complexity index is 654. The van der Waals surface area contributed by atoms with Crippen LogP contribution in [0.15, 0.2) is 43.0 Å². The summed E-state index contributed by atoms with van der Waals surface area (Å²) in [5.74, 6) is 1.05. The first-order valence-corrected chi connectivity index (χ1v) is 13.6. The van der Waals surface area contributed by atoms with Crippen molar-refractivity contribution >= 4 is 18.2 Å². The summed E-state index contributed by atoms with van der Waals surface area (Å²) >= 11 is 0. The number of benzene rings is 1. The molecule has 0 amide bonds. The zero-order valence-electron chi connectivity index (χ0n) is 17.2. The maximum absolute atomic E-state index is 13.0. The highest BCUT2D eigenvalue weighted by atomic mass is 32.2. The third-order valence-electron chi connectivity index (χ3n) is 5.08. The van der Waals surface area contributed by atoms with Gasteiger partial charge in [-0.3, -0.25) is 4.55 Å². The molecule has 0 bridgehead atoms. The van der Waals surface area contributed by atoms with Crippen molar-refractivity contribution in [3.8, 4) is 0 Å². The van der Waals surface area contributed by atoms with Gasteiger partial charge in [-0.25, -0.2) is 0 Å². The first-order chi connectivity index (χ1) is 11.9. The lowest BCUT2D eigenvalue weighted by atomic mass is 10.1. The molecule has 0 fully saturated rings. The van der Waals surface area contributed by atoms with Crippen LogP contribution in [0.5, 0.6) is 0 Å². The van der Waals surface area contributed by atoms with Gasteiger partial charge in [-0.2, -0.15) is 8.42 Å². The van der Waals surface area contributed by atoms with E-state index in [1.54, 1.807) is 0 Å². The van der Waals surface area contributed by atoms with E-state index in [0.717, 1.165) is 18.1 Å². The van der Waals surface area contributed by atoms with Crippen molar-refractivity contribution < 1.29 is 13.0 Å². The van der Waals surface area contributed by atoms with Gasteiger partial charge in [-0.1, -0.05) is 96.1 Å². The average molecular weight is 397 g/mol. The molecule has 1 aromatic rings. The first-order valence-electron chi connectivity index (χ1n) is 9.58. The molecule has 3 nitrogen and oxygen atoms in total. The second kappa shape index (κ2) is 8.85. The van der Waals surface area contributed by atoms with Gasteiger partial charge in [-0.15, -0.1) is 6.58 Å². The monoisotopic (exact) mass is 396 g/mol.